The van der Waals surface area contributed by atoms with Crippen LogP contribution >= 0.6 is 0 Å². The molecule has 1 aromatic carbocycles. The first-order chi connectivity index (χ1) is 9.40. The van der Waals surface area contributed by atoms with E-state index in [0.29, 0.717) is 5.56 Å². The third-order valence-corrected chi connectivity index (χ3v) is 2.65. The minimum absolute atomic E-state index is 0.0939. The largest absolute Gasteiger partial charge is 0.481 e. The lowest BCUT2D eigenvalue weighted by Gasteiger charge is -2.13. The highest BCUT2D eigenvalue weighted by atomic mass is 16.4. The molecule has 0 aliphatic heterocycles. The monoisotopic (exact) mass is 276 g/mol. The molecule has 0 saturated carbocycles. The number of carboxylic acid groups (broad SMARTS) is 1. The number of carboxylic acids is 1. The van der Waals surface area contributed by atoms with Gasteiger partial charge >= 0.3 is 5.97 Å². The fraction of sp³-hybridized carbons (Fsp3) is 0.214. The Kier molecular flexibility index (Phi) is 5.46. The SMILES string of the molecule is CN(CCC(=O)O)C(=O)C=Cc1ccc(C(N)=O)cc1. The minimum Gasteiger partial charge on any atom is -0.481 e. The normalized spacial score (nSPS) is 10.4. The zero-order chi connectivity index (χ0) is 15.1. The van der Waals surface area contributed by atoms with E-state index in [1.165, 1.54) is 18.0 Å². The van der Waals surface area contributed by atoms with Crippen LogP contribution < -0.4 is 5.73 Å². The molecule has 6 heteroatoms. The Morgan fingerprint density at radius 2 is 1.85 bits per heavy atom. The standard InChI is InChI=1S/C14H16N2O4/c1-16(9-8-13(18)19)12(17)7-4-10-2-5-11(6-3-10)14(15)20/h2-7H,8-9H2,1H3,(H2,15,20)(H,18,19). The van der Waals surface area contributed by atoms with E-state index in [1.54, 1.807) is 30.3 Å². The molecule has 0 radical (unpaired) electrons. The molecule has 0 aromatic heterocycles. The third kappa shape index (κ3) is 4.93. The van der Waals surface area contributed by atoms with E-state index in [9.17, 15) is 14.4 Å². The maximum atomic E-state index is 11.7. The van der Waals surface area contributed by atoms with Crippen molar-refractivity contribution < 1.29 is 19.5 Å². The Morgan fingerprint density at radius 1 is 1.25 bits per heavy atom. The molecule has 0 fully saturated rings. The van der Waals surface area contributed by atoms with Gasteiger partial charge in [-0.05, 0) is 23.8 Å². The predicted molar refractivity (Wildman–Crippen MR) is 73.9 cm³/mol. The maximum Gasteiger partial charge on any atom is 0.305 e. The van der Waals surface area contributed by atoms with E-state index in [2.05, 4.69) is 0 Å². The van der Waals surface area contributed by atoms with Crippen molar-refractivity contribution in [3.8, 4) is 0 Å². The van der Waals surface area contributed by atoms with Gasteiger partial charge in [-0.25, -0.2) is 0 Å². The maximum absolute atomic E-state index is 11.7. The summed E-state index contributed by atoms with van der Waals surface area (Å²) in [5.41, 5.74) is 6.26. The van der Waals surface area contributed by atoms with Crippen molar-refractivity contribution in [3.05, 3.63) is 41.5 Å². The number of nitrogens with zero attached hydrogens (tertiary/aromatic N) is 1. The van der Waals surface area contributed by atoms with Crippen molar-refractivity contribution in [1.29, 1.82) is 0 Å². The molecule has 106 valence electrons. The first-order valence-electron chi connectivity index (χ1n) is 5.95. The molecule has 1 rings (SSSR count). The van der Waals surface area contributed by atoms with Crippen molar-refractivity contribution in [2.45, 2.75) is 6.42 Å². The number of amides is 2. The number of aliphatic carboxylic acids is 1. The van der Waals surface area contributed by atoms with E-state index < -0.39 is 11.9 Å². The fourth-order valence-electron chi connectivity index (χ4n) is 1.43. The topological polar surface area (TPSA) is 101 Å². The number of likely N-dealkylation sites (N-methyl/N-ethyl adjacent to an activating group) is 1. The molecular formula is C14H16N2O4. The van der Waals surface area contributed by atoms with Crippen LogP contribution in [-0.4, -0.2) is 41.4 Å². The summed E-state index contributed by atoms with van der Waals surface area (Å²) in [6.45, 7) is 0.152. The summed E-state index contributed by atoms with van der Waals surface area (Å²) in [7, 11) is 1.53. The van der Waals surface area contributed by atoms with Crippen LogP contribution in [0, 0.1) is 0 Å². The second kappa shape index (κ2) is 7.08. The summed E-state index contributed by atoms with van der Waals surface area (Å²) < 4.78 is 0. The summed E-state index contributed by atoms with van der Waals surface area (Å²) in [6.07, 6.45) is 2.84. The Balaban J connectivity index is 2.60. The average molecular weight is 276 g/mol. The van der Waals surface area contributed by atoms with Gasteiger partial charge in [0.15, 0.2) is 0 Å². The number of carbonyl (C=O) groups excluding carboxylic acids is 2. The van der Waals surface area contributed by atoms with Gasteiger partial charge < -0.3 is 15.7 Å². The number of nitrogens with two attached hydrogens (primary N) is 1. The van der Waals surface area contributed by atoms with Crippen LogP contribution in [0.25, 0.3) is 6.08 Å². The summed E-state index contributed by atoms with van der Waals surface area (Å²) in [4.78, 5) is 34.3. The van der Waals surface area contributed by atoms with Crippen LogP contribution in [0.1, 0.15) is 22.3 Å². The lowest BCUT2D eigenvalue weighted by Crippen LogP contribution is -2.27. The summed E-state index contributed by atoms with van der Waals surface area (Å²) in [5.74, 6) is -1.74. The van der Waals surface area contributed by atoms with Crippen molar-refractivity contribution in [3.63, 3.8) is 0 Å². The van der Waals surface area contributed by atoms with E-state index in [1.807, 2.05) is 0 Å². The Bertz CT molecular complexity index is 535. The number of rotatable bonds is 6. The summed E-state index contributed by atoms with van der Waals surface area (Å²) in [5, 5.41) is 8.53. The molecule has 0 unspecified atom stereocenters. The molecule has 2 amide bonds. The average Bonchev–Trinajstić information content (AvgIpc) is 2.42. The van der Waals surface area contributed by atoms with Crippen LogP contribution in [-0.2, 0) is 9.59 Å². The molecule has 1 aromatic rings. The summed E-state index contributed by atoms with van der Waals surface area (Å²) >= 11 is 0. The molecule has 0 heterocycles. The minimum atomic E-state index is -0.948. The highest BCUT2D eigenvalue weighted by Gasteiger charge is 2.06. The van der Waals surface area contributed by atoms with Gasteiger partial charge in [-0.2, -0.15) is 0 Å². The second-order valence-electron chi connectivity index (χ2n) is 4.22. The van der Waals surface area contributed by atoms with Crippen LogP contribution in [0.5, 0.6) is 0 Å². The van der Waals surface area contributed by atoms with Gasteiger partial charge in [-0.15, -0.1) is 0 Å². The molecule has 0 bridgehead atoms. The van der Waals surface area contributed by atoms with Crippen LogP contribution in [0.15, 0.2) is 30.3 Å². The van der Waals surface area contributed by atoms with Gasteiger partial charge in [0.05, 0.1) is 6.42 Å². The van der Waals surface area contributed by atoms with Gasteiger partial charge in [0.25, 0.3) is 0 Å². The predicted octanol–water partition coefficient (Wildman–Crippen LogP) is 0.732. The van der Waals surface area contributed by atoms with Gasteiger partial charge in [0, 0.05) is 25.2 Å². The fourth-order valence-corrected chi connectivity index (χ4v) is 1.43. The number of benzene rings is 1. The molecule has 0 saturated heterocycles. The molecular weight excluding hydrogens is 260 g/mol. The highest BCUT2D eigenvalue weighted by Crippen LogP contribution is 2.06. The highest BCUT2D eigenvalue weighted by molar-refractivity contribution is 5.94. The molecule has 6 nitrogen and oxygen atoms in total. The Hall–Kier alpha value is -2.63. The van der Waals surface area contributed by atoms with E-state index in [4.69, 9.17) is 10.8 Å². The van der Waals surface area contributed by atoms with Gasteiger partial charge in [0.1, 0.15) is 0 Å². The first-order valence-corrected chi connectivity index (χ1v) is 5.95. The molecule has 3 N–H and O–H groups in total. The zero-order valence-electron chi connectivity index (χ0n) is 11.1. The van der Waals surface area contributed by atoms with Crippen molar-refractivity contribution in [1.82, 2.24) is 4.90 Å². The van der Waals surface area contributed by atoms with E-state index in [0.717, 1.165) is 5.56 Å². The number of hydrogen-bond donors (Lipinski definition) is 2. The van der Waals surface area contributed by atoms with E-state index in [-0.39, 0.29) is 18.9 Å². The lowest BCUT2D eigenvalue weighted by atomic mass is 10.1. The van der Waals surface area contributed by atoms with Crippen LogP contribution in [0.3, 0.4) is 0 Å². The quantitative estimate of drug-likeness (QED) is 0.748. The summed E-state index contributed by atoms with van der Waals surface area (Å²) in [6, 6.07) is 6.48. The number of primary amides is 1. The van der Waals surface area contributed by atoms with Crippen LogP contribution in [0.2, 0.25) is 0 Å². The Labute approximate surface area is 116 Å². The molecule has 0 atom stereocenters. The van der Waals surface area contributed by atoms with E-state index >= 15 is 0 Å². The smallest absolute Gasteiger partial charge is 0.305 e. The van der Waals surface area contributed by atoms with Crippen molar-refractivity contribution >= 4 is 23.9 Å². The van der Waals surface area contributed by atoms with Gasteiger partial charge in [0.2, 0.25) is 11.8 Å². The zero-order valence-corrected chi connectivity index (χ0v) is 11.1. The second-order valence-corrected chi connectivity index (χ2v) is 4.22. The van der Waals surface area contributed by atoms with Gasteiger partial charge in [-0.3, -0.25) is 14.4 Å². The molecule has 20 heavy (non-hydrogen) atoms. The van der Waals surface area contributed by atoms with Crippen molar-refractivity contribution in [2.24, 2.45) is 5.73 Å². The van der Waals surface area contributed by atoms with Gasteiger partial charge in [-0.1, -0.05) is 12.1 Å². The number of carbonyl (C=O) groups is 3. The molecule has 0 aliphatic rings. The first kappa shape index (κ1) is 15.4. The molecule has 0 aliphatic carbocycles. The van der Waals surface area contributed by atoms with Crippen molar-refractivity contribution in [2.75, 3.05) is 13.6 Å². The van der Waals surface area contributed by atoms with Crippen LogP contribution in [0.4, 0.5) is 0 Å². The molecule has 0 spiro atoms. The third-order valence-electron chi connectivity index (χ3n) is 2.65. The Morgan fingerprint density at radius 3 is 2.35 bits per heavy atom. The number of hydrogen-bond acceptors (Lipinski definition) is 3. The lowest BCUT2D eigenvalue weighted by molar-refractivity contribution is -0.137.